The molecule has 0 spiro atoms. The minimum absolute atomic E-state index is 0.0279. The fourth-order valence-electron chi connectivity index (χ4n) is 1.51. The van der Waals surface area contributed by atoms with E-state index in [0.717, 1.165) is 4.88 Å². The van der Waals surface area contributed by atoms with Gasteiger partial charge >= 0.3 is 0 Å². The molecule has 0 fully saturated rings. The topological polar surface area (TPSA) is 60.2 Å². The van der Waals surface area contributed by atoms with Crippen LogP contribution in [0, 0.1) is 10.1 Å². The molecule has 0 unspecified atom stereocenters. The van der Waals surface area contributed by atoms with Gasteiger partial charge in [-0.15, -0.1) is 11.3 Å². The maximum Gasteiger partial charge on any atom is 0.278 e. The van der Waals surface area contributed by atoms with Gasteiger partial charge in [0.05, 0.1) is 15.4 Å². The SMILES string of the molecule is CC(=O)c1ccc(-c2ccccc2[N+](=O)[O-])s1. The number of hydrogen-bond acceptors (Lipinski definition) is 4. The molecule has 0 saturated carbocycles. The summed E-state index contributed by atoms with van der Waals surface area (Å²) in [6.45, 7) is 1.48. The van der Waals surface area contributed by atoms with Gasteiger partial charge in [-0.2, -0.15) is 0 Å². The monoisotopic (exact) mass is 247 g/mol. The van der Waals surface area contributed by atoms with E-state index in [4.69, 9.17) is 0 Å². The molecule has 0 aliphatic heterocycles. The maximum absolute atomic E-state index is 11.2. The van der Waals surface area contributed by atoms with Crippen LogP contribution < -0.4 is 0 Å². The lowest BCUT2D eigenvalue weighted by atomic mass is 10.1. The van der Waals surface area contributed by atoms with E-state index in [1.54, 1.807) is 30.3 Å². The number of para-hydroxylation sites is 1. The van der Waals surface area contributed by atoms with Gasteiger partial charge in [0, 0.05) is 10.9 Å². The van der Waals surface area contributed by atoms with E-state index in [2.05, 4.69) is 0 Å². The van der Waals surface area contributed by atoms with E-state index >= 15 is 0 Å². The molecule has 0 N–H and O–H groups in total. The maximum atomic E-state index is 11.2. The third-order valence-electron chi connectivity index (χ3n) is 2.32. The Balaban J connectivity index is 2.52. The molecule has 0 amide bonds. The van der Waals surface area contributed by atoms with Gasteiger partial charge in [-0.3, -0.25) is 14.9 Å². The predicted molar refractivity (Wildman–Crippen MR) is 66.4 cm³/mol. The van der Waals surface area contributed by atoms with Crippen LogP contribution in [0.4, 0.5) is 5.69 Å². The van der Waals surface area contributed by atoms with Crippen molar-refractivity contribution in [3.8, 4) is 10.4 Å². The van der Waals surface area contributed by atoms with Crippen LogP contribution in [0.3, 0.4) is 0 Å². The zero-order valence-corrected chi connectivity index (χ0v) is 9.86. The van der Waals surface area contributed by atoms with Gasteiger partial charge in [-0.1, -0.05) is 12.1 Å². The van der Waals surface area contributed by atoms with E-state index in [9.17, 15) is 14.9 Å². The van der Waals surface area contributed by atoms with E-state index in [1.165, 1.54) is 24.3 Å². The first-order valence-electron chi connectivity index (χ1n) is 4.94. The second kappa shape index (κ2) is 4.47. The van der Waals surface area contributed by atoms with E-state index in [1.807, 2.05) is 0 Å². The number of hydrogen-bond donors (Lipinski definition) is 0. The highest BCUT2D eigenvalue weighted by atomic mass is 32.1. The normalized spacial score (nSPS) is 10.2. The standard InChI is InChI=1S/C12H9NO3S/c1-8(14)11-6-7-12(17-11)9-4-2-3-5-10(9)13(15)16/h2-7H,1H3. The lowest BCUT2D eigenvalue weighted by molar-refractivity contribution is -0.384. The van der Waals surface area contributed by atoms with Gasteiger partial charge in [0.15, 0.2) is 5.78 Å². The van der Waals surface area contributed by atoms with Gasteiger partial charge in [0.2, 0.25) is 0 Å². The lowest BCUT2D eigenvalue weighted by Crippen LogP contribution is -1.90. The van der Waals surface area contributed by atoms with Crippen molar-refractivity contribution in [2.24, 2.45) is 0 Å². The number of nitrogens with zero attached hydrogens (tertiary/aromatic N) is 1. The summed E-state index contributed by atoms with van der Waals surface area (Å²) in [5, 5.41) is 10.9. The Kier molecular flexibility index (Phi) is 3.01. The number of ketones is 1. The Bertz CT molecular complexity index is 589. The highest BCUT2D eigenvalue weighted by Crippen LogP contribution is 2.34. The Morgan fingerprint density at radius 1 is 1.24 bits per heavy atom. The highest BCUT2D eigenvalue weighted by Gasteiger charge is 2.16. The molecular weight excluding hydrogens is 238 g/mol. The third-order valence-corrected chi connectivity index (χ3v) is 3.54. The van der Waals surface area contributed by atoms with Crippen molar-refractivity contribution < 1.29 is 9.72 Å². The van der Waals surface area contributed by atoms with Gasteiger partial charge in [0.1, 0.15) is 0 Å². The number of carbonyl (C=O) groups is 1. The molecule has 4 nitrogen and oxygen atoms in total. The predicted octanol–water partition coefficient (Wildman–Crippen LogP) is 3.53. The molecule has 86 valence electrons. The number of benzene rings is 1. The second-order valence-electron chi connectivity index (χ2n) is 3.49. The number of thiophene rings is 1. The van der Waals surface area contributed by atoms with Crippen LogP contribution in [0.2, 0.25) is 0 Å². The number of carbonyl (C=O) groups excluding carboxylic acids is 1. The van der Waals surface area contributed by atoms with Crippen LogP contribution in [-0.2, 0) is 0 Å². The van der Waals surface area contributed by atoms with Crippen LogP contribution in [0.15, 0.2) is 36.4 Å². The molecule has 0 aliphatic carbocycles. The van der Waals surface area contributed by atoms with Crippen LogP contribution in [0.1, 0.15) is 16.6 Å². The highest BCUT2D eigenvalue weighted by molar-refractivity contribution is 7.17. The quantitative estimate of drug-likeness (QED) is 0.473. The smallest absolute Gasteiger partial charge is 0.278 e. The molecular formula is C12H9NO3S. The van der Waals surface area contributed by atoms with Crippen molar-refractivity contribution in [1.82, 2.24) is 0 Å². The average Bonchev–Trinajstić information content (AvgIpc) is 2.78. The van der Waals surface area contributed by atoms with E-state index in [0.29, 0.717) is 10.4 Å². The average molecular weight is 247 g/mol. The summed E-state index contributed by atoms with van der Waals surface area (Å²) < 4.78 is 0. The van der Waals surface area contributed by atoms with Gasteiger partial charge in [0.25, 0.3) is 5.69 Å². The molecule has 2 rings (SSSR count). The first-order valence-corrected chi connectivity index (χ1v) is 5.76. The summed E-state index contributed by atoms with van der Waals surface area (Å²) in [6, 6.07) is 9.95. The second-order valence-corrected chi connectivity index (χ2v) is 4.58. The Hall–Kier alpha value is -2.01. The number of rotatable bonds is 3. The zero-order valence-electron chi connectivity index (χ0n) is 9.04. The molecule has 0 radical (unpaired) electrons. The largest absolute Gasteiger partial charge is 0.294 e. The fourth-order valence-corrected chi connectivity index (χ4v) is 2.45. The molecule has 0 bridgehead atoms. The minimum Gasteiger partial charge on any atom is -0.294 e. The summed E-state index contributed by atoms with van der Waals surface area (Å²) in [5.41, 5.74) is 0.611. The number of nitro groups is 1. The molecule has 2 aromatic rings. The van der Waals surface area contributed by atoms with Crippen molar-refractivity contribution >= 4 is 22.8 Å². The Labute approximate surface area is 102 Å². The first kappa shape index (κ1) is 11.5. The molecule has 0 aliphatic rings. The number of Topliss-reactive ketones (excluding diaryl/α,β-unsaturated/α-hetero) is 1. The molecule has 0 atom stereocenters. The Morgan fingerprint density at radius 2 is 1.94 bits per heavy atom. The lowest BCUT2D eigenvalue weighted by Gasteiger charge is -1.98. The fraction of sp³-hybridized carbons (Fsp3) is 0.0833. The summed E-state index contributed by atoms with van der Waals surface area (Å²) in [7, 11) is 0. The summed E-state index contributed by atoms with van der Waals surface area (Å²) in [5.74, 6) is -0.0279. The van der Waals surface area contributed by atoms with Crippen LogP contribution >= 0.6 is 11.3 Å². The molecule has 17 heavy (non-hydrogen) atoms. The molecule has 1 aromatic carbocycles. The van der Waals surface area contributed by atoms with Crippen LogP contribution in [0.5, 0.6) is 0 Å². The van der Waals surface area contributed by atoms with E-state index in [-0.39, 0.29) is 11.5 Å². The van der Waals surface area contributed by atoms with Crippen molar-refractivity contribution in [2.45, 2.75) is 6.92 Å². The first-order chi connectivity index (χ1) is 8.09. The van der Waals surface area contributed by atoms with Gasteiger partial charge in [-0.25, -0.2) is 0 Å². The van der Waals surface area contributed by atoms with Gasteiger partial charge < -0.3 is 0 Å². The molecule has 0 saturated heterocycles. The molecule has 1 aromatic heterocycles. The summed E-state index contributed by atoms with van der Waals surface area (Å²) in [4.78, 5) is 23.0. The number of nitro benzene ring substituents is 1. The van der Waals surface area contributed by atoms with E-state index < -0.39 is 4.92 Å². The zero-order chi connectivity index (χ0) is 12.4. The third kappa shape index (κ3) is 2.24. The molecule has 1 heterocycles. The van der Waals surface area contributed by atoms with Crippen molar-refractivity contribution in [2.75, 3.05) is 0 Å². The summed E-state index contributed by atoms with van der Waals surface area (Å²) >= 11 is 1.27. The van der Waals surface area contributed by atoms with Crippen molar-refractivity contribution in [3.05, 3.63) is 51.4 Å². The van der Waals surface area contributed by atoms with Crippen LogP contribution in [-0.4, -0.2) is 10.7 Å². The van der Waals surface area contributed by atoms with Crippen LogP contribution in [0.25, 0.3) is 10.4 Å². The minimum atomic E-state index is -0.414. The molecule has 5 heteroatoms. The van der Waals surface area contributed by atoms with Gasteiger partial charge in [-0.05, 0) is 25.1 Å². The Morgan fingerprint density at radius 3 is 2.53 bits per heavy atom. The summed E-state index contributed by atoms with van der Waals surface area (Å²) in [6.07, 6.45) is 0. The van der Waals surface area contributed by atoms with Crippen molar-refractivity contribution in [1.29, 1.82) is 0 Å². The van der Waals surface area contributed by atoms with Crippen molar-refractivity contribution in [3.63, 3.8) is 0 Å².